The van der Waals surface area contributed by atoms with Crippen LogP contribution in [0, 0.1) is 0 Å². The van der Waals surface area contributed by atoms with Gasteiger partial charge in [0.2, 0.25) is 5.91 Å². The van der Waals surface area contributed by atoms with Crippen molar-refractivity contribution in [2.75, 3.05) is 31.6 Å². The Morgan fingerprint density at radius 3 is 2.67 bits per heavy atom. The van der Waals surface area contributed by atoms with E-state index in [1.165, 1.54) is 5.56 Å². The SMILES string of the molecule is CCN(CC)CC(C)NC1CC(=O)N(C)c2ccccc21. The number of hydrogen-bond acceptors (Lipinski definition) is 3. The van der Waals surface area contributed by atoms with Crippen molar-refractivity contribution in [3.05, 3.63) is 29.8 Å². The van der Waals surface area contributed by atoms with Gasteiger partial charge in [0, 0.05) is 37.8 Å². The van der Waals surface area contributed by atoms with Crippen LogP contribution in [-0.4, -0.2) is 43.5 Å². The molecule has 0 radical (unpaired) electrons. The van der Waals surface area contributed by atoms with Crippen LogP contribution in [0.1, 0.15) is 38.8 Å². The number of nitrogens with one attached hydrogen (secondary N) is 1. The van der Waals surface area contributed by atoms with E-state index in [1.807, 2.05) is 25.2 Å². The first kappa shape index (κ1) is 16.0. The molecule has 0 fully saturated rings. The molecule has 1 aromatic carbocycles. The zero-order valence-electron chi connectivity index (χ0n) is 13.6. The summed E-state index contributed by atoms with van der Waals surface area (Å²) in [7, 11) is 1.86. The number of fused-ring (bicyclic) bond motifs is 1. The largest absolute Gasteiger partial charge is 0.315 e. The van der Waals surface area contributed by atoms with Crippen LogP contribution in [0.3, 0.4) is 0 Å². The molecule has 2 rings (SSSR count). The molecule has 1 aliphatic heterocycles. The van der Waals surface area contributed by atoms with Crippen LogP contribution in [0.25, 0.3) is 0 Å². The highest BCUT2D eigenvalue weighted by molar-refractivity contribution is 5.96. The van der Waals surface area contributed by atoms with Gasteiger partial charge in [-0.25, -0.2) is 0 Å². The second kappa shape index (κ2) is 7.05. The maximum Gasteiger partial charge on any atom is 0.228 e. The Kier molecular flexibility index (Phi) is 5.37. The summed E-state index contributed by atoms with van der Waals surface area (Å²) in [5.41, 5.74) is 2.26. The van der Waals surface area contributed by atoms with Gasteiger partial charge >= 0.3 is 0 Å². The lowest BCUT2D eigenvalue weighted by Gasteiger charge is -2.34. The minimum absolute atomic E-state index is 0.121. The zero-order valence-corrected chi connectivity index (χ0v) is 13.6. The molecule has 0 saturated heterocycles. The molecule has 116 valence electrons. The van der Waals surface area contributed by atoms with Crippen molar-refractivity contribution in [2.45, 2.75) is 39.3 Å². The molecule has 1 amide bonds. The van der Waals surface area contributed by atoms with Crippen LogP contribution in [0.15, 0.2) is 24.3 Å². The summed E-state index contributed by atoms with van der Waals surface area (Å²) < 4.78 is 0. The molecule has 2 atom stereocenters. The molecule has 1 N–H and O–H groups in total. The van der Waals surface area contributed by atoms with Gasteiger partial charge in [-0.3, -0.25) is 4.79 Å². The molecular formula is C17H27N3O. The van der Waals surface area contributed by atoms with Gasteiger partial charge in [0.25, 0.3) is 0 Å². The van der Waals surface area contributed by atoms with Gasteiger partial charge in [-0.15, -0.1) is 0 Å². The number of anilines is 1. The van der Waals surface area contributed by atoms with Crippen LogP contribution in [0.2, 0.25) is 0 Å². The molecule has 1 aliphatic rings. The predicted molar refractivity (Wildman–Crippen MR) is 87.6 cm³/mol. The topological polar surface area (TPSA) is 35.6 Å². The van der Waals surface area contributed by atoms with Gasteiger partial charge in [-0.05, 0) is 31.6 Å². The van der Waals surface area contributed by atoms with Gasteiger partial charge in [-0.1, -0.05) is 32.0 Å². The monoisotopic (exact) mass is 289 g/mol. The summed E-state index contributed by atoms with van der Waals surface area (Å²) in [4.78, 5) is 16.3. The fourth-order valence-corrected chi connectivity index (χ4v) is 3.06. The fraction of sp³-hybridized carbons (Fsp3) is 0.588. The Bertz CT molecular complexity index is 485. The van der Waals surface area contributed by atoms with E-state index < -0.39 is 0 Å². The molecule has 2 unspecified atom stereocenters. The summed E-state index contributed by atoms with van der Waals surface area (Å²) in [5.74, 6) is 0.182. The molecular weight excluding hydrogens is 262 g/mol. The Balaban J connectivity index is 2.10. The quantitative estimate of drug-likeness (QED) is 0.873. The highest BCUT2D eigenvalue weighted by Crippen LogP contribution is 2.33. The van der Waals surface area contributed by atoms with E-state index in [-0.39, 0.29) is 11.9 Å². The number of carbonyl (C=O) groups is 1. The number of rotatable bonds is 6. The normalized spacial score (nSPS) is 19.8. The molecule has 0 aliphatic carbocycles. The van der Waals surface area contributed by atoms with Gasteiger partial charge in [0.1, 0.15) is 0 Å². The maximum absolute atomic E-state index is 12.2. The van der Waals surface area contributed by atoms with Crippen LogP contribution in [0.5, 0.6) is 0 Å². The number of nitrogens with zero attached hydrogens (tertiary/aromatic N) is 2. The summed E-state index contributed by atoms with van der Waals surface area (Å²) in [6.45, 7) is 9.70. The van der Waals surface area contributed by atoms with Crippen molar-refractivity contribution in [2.24, 2.45) is 0 Å². The molecule has 1 heterocycles. The zero-order chi connectivity index (χ0) is 15.4. The Morgan fingerprint density at radius 2 is 2.00 bits per heavy atom. The van der Waals surface area contributed by atoms with Gasteiger partial charge in [0.15, 0.2) is 0 Å². The highest BCUT2D eigenvalue weighted by atomic mass is 16.2. The van der Waals surface area contributed by atoms with E-state index in [9.17, 15) is 4.79 Å². The number of hydrogen-bond donors (Lipinski definition) is 1. The summed E-state index contributed by atoms with van der Waals surface area (Å²) in [6, 6.07) is 8.67. The lowest BCUT2D eigenvalue weighted by molar-refractivity contribution is -0.119. The number of likely N-dealkylation sites (N-methyl/N-ethyl adjacent to an activating group) is 1. The second-order valence-corrected chi connectivity index (χ2v) is 5.82. The van der Waals surface area contributed by atoms with E-state index in [1.54, 1.807) is 4.90 Å². The van der Waals surface area contributed by atoms with E-state index in [0.29, 0.717) is 12.5 Å². The van der Waals surface area contributed by atoms with Crippen molar-refractivity contribution in [3.8, 4) is 0 Å². The smallest absolute Gasteiger partial charge is 0.228 e. The Hall–Kier alpha value is -1.39. The van der Waals surface area contributed by atoms with E-state index in [0.717, 1.165) is 25.3 Å². The number of carbonyl (C=O) groups excluding carboxylic acids is 1. The number of benzene rings is 1. The third-order valence-electron chi connectivity index (χ3n) is 4.34. The second-order valence-electron chi connectivity index (χ2n) is 5.82. The van der Waals surface area contributed by atoms with E-state index >= 15 is 0 Å². The van der Waals surface area contributed by atoms with Crippen molar-refractivity contribution < 1.29 is 4.79 Å². The third kappa shape index (κ3) is 3.63. The molecule has 4 nitrogen and oxygen atoms in total. The molecule has 0 bridgehead atoms. The van der Waals surface area contributed by atoms with Crippen LogP contribution < -0.4 is 10.2 Å². The van der Waals surface area contributed by atoms with Crippen molar-refractivity contribution >= 4 is 11.6 Å². The summed E-state index contributed by atoms with van der Waals surface area (Å²) in [6.07, 6.45) is 0.538. The molecule has 1 aromatic rings. The molecule has 0 spiro atoms. The Morgan fingerprint density at radius 1 is 1.33 bits per heavy atom. The van der Waals surface area contributed by atoms with Gasteiger partial charge < -0.3 is 15.1 Å². The van der Waals surface area contributed by atoms with Crippen molar-refractivity contribution in [1.29, 1.82) is 0 Å². The first-order valence-electron chi connectivity index (χ1n) is 7.90. The first-order valence-corrected chi connectivity index (χ1v) is 7.90. The van der Waals surface area contributed by atoms with E-state index in [4.69, 9.17) is 0 Å². The van der Waals surface area contributed by atoms with Crippen LogP contribution >= 0.6 is 0 Å². The minimum atomic E-state index is 0.121. The van der Waals surface area contributed by atoms with Crippen LogP contribution in [-0.2, 0) is 4.79 Å². The highest BCUT2D eigenvalue weighted by Gasteiger charge is 2.29. The standard InChI is InChI=1S/C17H27N3O/c1-5-20(6-2)12-13(3)18-15-11-17(21)19(4)16-10-8-7-9-14(15)16/h7-10,13,15,18H,5-6,11-12H2,1-4H3. The van der Waals surface area contributed by atoms with Crippen LogP contribution in [0.4, 0.5) is 5.69 Å². The van der Waals surface area contributed by atoms with Gasteiger partial charge in [-0.2, -0.15) is 0 Å². The maximum atomic E-state index is 12.2. The average Bonchev–Trinajstić information content (AvgIpc) is 2.50. The fourth-order valence-electron chi connectivity index (χ4n) is 3.06. The summed E-state index contributed by atoms with van der Waals surface area (Å²) in [5, 5.41) is 3.64. The molecule has 4 heteroatoms. The number of para-hydroxylation sites is 1. The molecule has 0 aromatic heterocycles. The molecule has 21 heavy (non-hydrogen) atoms. The number of amides is 1. The summed E-state index contributed by atoms with van der Waals surface area (Å²) >= 11 is 0. The van der Waals surface area contributed by atoms with Gasteiger partial charge in [0.05, 0.1) is 0 Å². The Labute approximate surface area is 128 Å². The first-order chi connectivity index (χ1) is 10.1. The lowest BCUT2D eigenvalue weighted by Crippen LogP contribution is -2.44. The van der Waals surface area contributed by atoms with E-state index in [2.05, 4.69) is 37.1 Å². The molecule has 0 saturated carbocycles. The average molecular weight is 289 g/mol. The van der Waals surface area contributed by atoms with Crippen molar-refractivity contribution in [3.63, 3.8) is 0 Å². The third-order valence-corrected chi connectivity index (χ3v) is 4.34. The minimum Gasteiger partial charge on any atom is -0.315 e. The predicted octanol–water partition coefficient (Wildman–Crippen LogP) is 2.41. The lowest BCUT2D eigenvalue weighted by atomic mass is 9.95. The van der Waals surface area contributed by atoms with Crippen molar-refractivity contribution in [1.82, 2.24) is 10.2 Å².